The summed E-state index contributed by atoms with van der Waals surface area (Å²) in [4.78, 5) is 18.2. The number of benzene rings is 1. The molecular weight excluding hydrogens is 268 g/mol. The summed E-state index contributed by atoms with van der Waals surface area (Å²) in [7, 11) is 0. The van der Waals surface area contributed by atoms with E-state index in [1.807, 2.05) is 30.3 Å². The number of anilines is 1. The number of amidine groups is 1. The van der Waals surface area contributed by atoms with Crippen LogP contribution >= 0.6 is 0 Å². The minimum Gasteiger partial charge on any atom is -0.409 e. The maximum Gasteiger partial charge on any atom is 0.276 e. The Morgan fingerprint density at radius 1 is 1.19 bits per heavy atom. The molecule has 1 amide bonds. The van der Waals surface area contributed by atoms with Crippen LogP contribution in [0.3, 0.4) is 0 Å². The lowest BCUT2D eigenvalue weighted by molar-refractivity contribution is 0.0983. The lowest BCUT2D eigenvalue weighted by Gasteiger charge is -2.22. The number of amides is 1. The smallest absolute Gasteiger partial charge is 0.276 e. The zero-order valence-corrected chi connectivity index (χ0v) is 11.4. The lowest BCUT2D eigenvalue weighted by Crippen LogP contribution is -2.34. The number of nitrogens with zero attached hydrogens (tertiary/aromatic N) is 3. The number of carbonyl (C=O) groups excluding carboxylic acids is 1. The van der Waals surface area contributed by atoms with Crippen molar-refractivity contribution in [1.82, 2.24) is 4.98 Å². The number of para-hydroxylation sites is 1. The number of oxime groups is 1. The van der Waals surface area contributed by atoms with E-state index in [4.69, 9.17) is 10.9 Å². The van der Waals surface area contributed by atoms with Crippen LogP contribution < -0.4 is 10.6 Å². The van der Waals surface area contributed by atoms with Gasteiger partial charge in [0.2, 0.25) is 0 Å². The van der Waals surface area contributed by atoms with Crippen molar-refractivity contribution in [2.75, 3.05) is 11.4 Å². The maximum absolute atomic E-state index is 12.6. The third kappa shape index (κ3) is 3.79. The SMILES string of the molecule is N/C(CCN(C(=O)c1ccccn1)c1ccccc1)=N/O. The summed E-state index contributed by atoms with van der Waals surface area (Å²) in [6.45, 7) is 0.301. The summed E-state index contributed by atoms with van der Waals surface area (Å²) in [5.74, 6) is -0.155. The first-order valence-electron chi connectivity index (χ1n) is 6.46. The normalized spacial score (nSPS) is 11.1. The fraction of sp³-hybridized carbons (Fsp3) is 0.133. The highest BCUT2D eigenvalue weighted by molar-refractivity contribution is 6.05. The summed E-state index contributed by atoms with van der Waals surface area (Å²) >= 11 is 0. The van der Waals surface area contributed by atoms with Gasteiger partial charge in [-0.3, -0.25) is 9.78 Å². The summed E-state index contributed by atoms with van der Waals surface area (Å²) in [5.41, 5.74) is 6.57. The van der Waals surface area contributed by atoms with Gasteiger partial charge in [0.05, 0.1) is 0 Å². The fourth-order valence-electron chi connectivity index (χ4n) is 1.86. The Bertz CT molecular complexity index is 614. The summed E-state index contributed by atoms with van der Waals surface area (Å²) < 4.78 is 0. The van der Waals surface area contributed by atoms with Crippen molar-refractivity contribution in [3.05, 3.63) is 60.4 Å². The topological polar surface area (TPSA) is 91.8 Å². The number of hydrogen-bond acceptors (Lipinski definition) is 4. The molecule has 2 rings (SSSR count). The van der Waals surface area contributed by atoms with Gasteiger partial charge < -0.3 is 15.8 Å². The van der Waals surface area contributed by atoms with Crippen molar-refractivity contribution >= 4 is 17.4 Å². The molecule has 0 aliphatic carbocycles. The number of carbonyl (C=O) groups is 1. The Labute approximate surface area is 122 Å². The van der Waals surface area contributed by atoms with Gasteiger partial charge in [-0.05, 0) is 24.3 Å². The minimum atomic E-state index is -0.229. The molecule has 1 heterocycles. The zero-order chi connectivity index (χ0) is 15.1. The Morgan fingerprint density at radius 3 is 2.52 bits per heavy atom. The molecule has 0 fully saturated rings. The lowest BCUT2D eigenvalue weighted by atomic mass is 10.2. The summed E-state index contributed by atoms with van der Waals surface area (Å²) in [5, 5.41) is 11.5. The van der Waals surface area contributed by atoms with Gasteiger partial charge in [0.25, 0.3) is 5.91 Å². The second-order valence-corrected chi connectivity index (χ2v) is 4.35. The number of pyridine rings is 1. The minimum absolute atomic E-state index is 0.0738. The molecule has 21 heavy (non-hydrogen) atoms. The van der Waals surface area contributed by atoms with Gasteiger partial charge >= 0.3 is 0 Å². The molecule has 2 aromatic rings. The van der Waals surface area contributed by atoms with Gasteiger partial charge in [-0.15, -0.1) is 0 Å². The second-order valence-electron chi connectivity index (χ2n) is 4.35. The van der Waals surface area contributed by atoms with E-state index in [9.17, 15) is 4.79 Å². The van der Waals surface area contributed by atoms with E-state index in [0.717, 1.165) is 5.69 Å². The van der Waals surface area contributed by atoms with Crippen molar-refractivity contribution in [2.24, 2.45) is 10.9 Å². The number of rotatable bonds is 5. The number of hydrogen-bond donors (Lipinski definition) is 2. The van der Waals surface area contributed by atoms with Crippen LogP contribution in [-0.2, 0) is 0 Å². The molecule has 0 aliphatic rings. The molecule has 1 aromatic carbocycles. The third-order valence-corrected chi connectivity index (χ3v) is 2.92. The van der Waals surface area contributed by atoms with Crippen molar-refractivity contribution in [3.8, 4) is 0 Å². The molecule has 0 radical (unpaired) electrons. The first-order valence-corrected chi connectivity index (χ1v) is 6.46. The van der Waals surface area contributed by atoms with Crippen LogP contribution in [0.25, 0.3) is 0 Å². The van der Waals surface area contributed by atoms with Gasteiger partial charge in [-0.2, -0.15) is 0 Å². The molecule has 0 saturated carbocycles. The van der Waals surface area contributed by atoms with Crippen molar-refractivity contribution in [1.29, 1.82) is 0 Å². The monoisotopic (exact) mass is 284 g/mol. The standard InChI is InChI=1S/C15H16N4O2/c16-14(18-21)9-11-19(12-6-2-1-3-7-12)15(20)13-8-4-5-10-17-13/h1-8,10,21H,9,11H2,(H2,16,18). The predicted molar refractivity (Wildman–Crippen MR) is 80.4 cm³/mol. The van der Waals surface area contributed by atoms with Crippen LogP contribution in [0.15, 0.2) is 59.9 Å². The highest BCUT2D eigenvalue weighted by Crippen LogP contribution is 2.16. The Balaban J connectivity index is 2.25. The van der Waals surface area contributed by atoms with Crippen molar-refractivity contribution in [2.45, 2.75) is 6.42 Å². The molecule has 0 bridgehead atoms. The molecule has 6 nitrogen and oxygen atoms in total. The van der Waals surface area contributed by atoms with Crippen molar-refractivity contribution in [3.63, 3.8) is 0 Å². The number of nitrogens with two attached hydrogens (primary N) is 1. The highest BCUT2D eigenvalue weighted by atomic mass is 16.4. The van der Waals surface area contributed by atoms with E-state index in [0.29, 0.717) is 12.2 Å². The van der Waals surface area contributed by atoms with Crippen LogP contribution in [0, 0.1) is 0 Å². The van der Waals surface area contributed by atoms with Crippen LogP contribution in [-0.4, -0.2) is 28.5 Å². The molecule has 3 N–H and O–H groups in total. The molecule has 0 spiro atoms. The first kappa shape index (κ1) is 14.5. The molecule has 0 aliphatic heterocycles. The fourth-order valence-corrected chi connectivity index (χ4v) is 1.86. The third-order valence-electron chi connectivity index (χ3n) is 2.92. The van der Waals surface area contributed by atoms with E-state index < -0.39 is 0 Å². The molecule has 6 heteroatoms. The molecule has 108 valence electrons. The van der Waals surface area contributed by atoms with E-state index in [1.54, 1.807) is 29.3 Å². The van der Waals surface area contributed by atoms with Gasteiger partial charge in [-0.25, -0.2) is 0 Å². The summed E-state index contributed by atoms with van der Waals surface area (Å²) in [6.07, 6.45) is 1.84. The quantitative estimate of drug-likeness (QED) is 0.379. The second kappa shape index (κ2) is 7.04. The average molecular weight is 284 g/mol. The van der Waals surface area contributed by atoms with Gasteiger partial charge in [0.15, 0.2) is 0 Å². The molecule has 1 aromatic heterocycles. The Hall–Kier alpha value is -2.89. The molecule has 0 unspecified atom stereocenters. The van der Waals surface area contributed by atoms with Crippen LogP contribution in [0.2, 0.25) is 0 Å². The Morgan fingerprint density at radius 2 is 1.90 bits per heavy atom. The van der Waals surface area contributed by atoms with Gasteiger partial charge in [0.1, 0.15) is 11.5 Å². The predicted octanol–water partition coefficient (Wildman–Crippen LogP) is 1.86. The van der Waals surface area contributed by atoms with E-state index in [2.05, 4.69) is 10.1 Å². The average Bonchev–Trinajstić information content (AvgIpc) is 2.56. The largest absolute Gasteiger partial charge is 0.409 e. The maximum atomic E-state index is 12.6. The van der Waals surface area contributed by atoms with Gasteiger partial charge in [0, 0.05) is 24.8 Å². The molecule has 0 saturated heterocycles. The van der Waals surface area contributed by atoms with Crippen LogP contribution in [0.5, 0.6) is 0 Å². The highest BCUT2D eigenvalue weighted by Gasteiger charge is 2.18. The zero-order valence-electron chi connectivity index (χ0n) is 11.4. The molecular formula is C15H16N4O2. The first-order chi connectivity index (χ1) is 10.2. The van der Waals surface area contributed by atoms with E-state index in [1.165, 1.54) is 0 Å². The van der Waals surface area contributed by atoms with Crippen molar-refractivity contribution < 1.29 is 10.0 Å². The van der Waals surface area contributed by atoms with Crippen LogP contribution in [0.1, 0.15) is 16.9 Å². The van der Waals surface area contributed by atoms with Gasteiger partial charge in [-0.1, -0.05) is 29.4 Å². The Kier molecular flexibility index (Phi) is 4.87. The van der Waals surface area contributed by atoms with E-state index >= 15 is 0 Å². The number of aromatic nitrogens is 1. The van der Waals surface area contributed by atoms with E-state index in [-0.39, 0.29) is 18.2 Å². The molecule has 0 atom stereocenters. The van der Waals surface area contributed by atoms with Crippen LogP contribution in [0.4, 0.5) is 5.69 Å². The summed E-state index contributed by atoms with van der Waals surface area (Å²) in [6, 6.07) is 14.4.